The lowest BCUT2D eigenvalue weighted by atomic mass is 9.91. The Morgan fingerprint density at radius 2 is 1.89 bits per heavy atom. The van der Waals surface area contributed by atoms with Gasteiger partial charge >= 0.3 is 0 Å². The van der Waals surface area contributed by atoms with Crippen LogP contribution in [-0.2, 0) is 6.42 Å². The summed E-state index contributed by atoms with van der Waals surface area (Å²) in [7, 11) is 0. The summed E-state index contributed by atoms with van der Waals surface area (Å²) in [5, 5.41) is 3.66. The molecule has 2 nitrogen and oxygen atoms in total. The minimum absolute atomic E-state index is 0.266. The highest BCUT2D eigenvalue weighted by Crippen LogP contribution is 2.32. The molecule has 0 saturated heterocycles. The minimum atomic E-state index is 0.266. The van der Waals surface area contributed by atoms with Crippen molar-refractivity contribution < 1.29 is 4.42 Å². The maximum absolute atomic E-state index is 5.81. The largest absolute Gasteiger partial charge is 0.466 e. The predicted molar refractivity (Wildman–Crippen MR) is 72.8 cm³/mol. The van der Waals surface area contributed by atoms with Gasteiger partial charge in [-0.2, -0.15) is 0 Å². The fraction of sp³-hybridized carbons (Fsp3) is 0.375. The zero-order valence-corrected chi connectivity index (χ0v) is 11.2. The lowest BCUT2D eigenvalue weighted by Crippen LogP contribution is -2.37. The molecule has 0 radical (unpaired) electrons. The Bertz CT molecular complexity index is 553. The summed E-state index contributed by atoms with van der Waals surface area (Å²) in [6.07, 6.45) is 0.978. The molecule has 94 valence electrons. The van der Waals surface area contributed by atoms with Gasteiger partial charge in [-0.05, 0) is 32.4 Å². The van der Waals surface area contributed by atoms with Gasteiger partial charge in [0.2, 0.25) is 0 Å². The van der Waals surface area contributed by atoms with Crippen molar-refractivity contribution in [3.8, 4) is 0 Å². The SMILES string of the molecule is Cc1ccc(C2NC(C)Cc3oc(C)cc32)cc1. The maximum atomic E-state index is 5.81. The van der Waals surface area contributed by atoms with Crippen molar-refractivity contribution in [3.05, 3.63) is 58.5 Å². The van der Waals surface area contributed by atoms with E-state index in [0.29, 0.717) is 6.04 Å². The third-order valence-electron chi connectivity index (χ3n) is 3.63. The Kier molecular flexibility index (Phi) is 2.75. The van der Waals surface area contributed by atoms with E-state index >= 15 is 0 Å². The molecule has 1 aliphatic rings. The molecule has 18 heavy (non-hydrogen) atoms. The first-order valence-corrected chi connectivity index (χ1v) is 6.55. The van der Waals surface area contributed by atoms with Gasteiger partial charge in [0.05, 0.1) is 6.04 Å². The number of furan rings is 1. The Morgan fingerprint density at radius 3 is 2.61 bits per heavy atom. The molecule has 2 heterocycles. The number of benzene rings is 1. The van der Waals surface area contributed by atoms with Crippen LogP contribution in [0.4, 0.5) is 0 Å². The number of fused-ring (bicyclic) bond motifs is 1. The molecule has 0 bridgehead atoms. The first kappa shape index (κ1) is 11.5. The lowest BCUT2D eigenvalue weighted by Gasteiger charge is -2.28. The Morgan fingerprint density at radius 1 is 1.17 bits per heavy atom. The molecule has 2 atom stereocenters. The van der Waals surface area contributed by atoms with Crippen molar-refractivity contribution in [2.75, 3.05) is 0 Å². The normalized spacial score (nSPS) is 22.8. The van der Waals surface area contributed by atoms with Crippen molar-refractivity contribution in [1.82, 2.24) is 5.32 Å². The summed E-state index contributed by atoms with van der Waals surface area (Å²) in [6.45, 7) is 6.35. The van der Waals surface area contributed by atoms with Crippen LogP contribution in [0.25, 0.3) is 0 Å². The minimum Gasteiger partial charge on any atom is -0.466 e. The first-order valence-electron chi connectivity index (χ1n) is 6.55. The summed E-state index contributed by atoms with van der Waals surface area (Å²) < 4.78 is 5.81. The molecule has 1 aliphatic heterocycles. The van der Waals surface area contributed by atoms with Gasteiger partial charge < -0.3 is 9.73 Å². The molecular weight excluding hydrogens is 222 g/mol. The third-order valence-corrected chi connectivity index (χ3v) is 3.63. The maximum Gasteiger partial charge on any atom is 0.110 e. The highest BCUT2D eigenvalue weighted by molar-refractivity contribution is 5.38. The van der Waals surface area contributed by atoms with Crippen LogP contribution >= 0.6 is 0 Å². The number of nitrogens with one attached hydrogen (secondary N) is 1. The van der Waals surface area contributed by atoms with Crippen LogP contribution in [0.1, 0.15) is 41.2 Å². The highest BCUT2D eigenvalue weighted by atomic mass is 16.3. The monoisotopic (exact) mass is 241 g/mol. The van der Waals surface area contributed by atoms with Crippen LogP contribution in [0, 0.1) is 13.8 Å². The van der Waals surface area contributed by atoms with Crippen LogP contribution in [0.15, 0.2) is 34.7 Å². The van der Waals surface area contributed by atoms with E-state index in [0.717, 1.165) is 17.9 Å². The summed E-state index contributed by atoms with van der Waals surface area (Å²) in [6, 6.07) is 11.6. The lowest BCUT2D eigenvalue weighted by molar-refractivity contribution is 0.392. The smallest absolute Gasteiger partial charge is 0.110 e. The van der Waals surface area contributed by atoms with Crippen LogP contribution in [0.2, 0.25) is 0 Å². The molecule has 0 amide bonds. The van der Waals surface area contributed by atoms with Crippen LogP contribution in [-0.4, -0.2) is 6.04 Å². The first-order chi connectivity index (χ1) is 8.63. The average molecular weight is 241 g/mol. The standard InChI is InChI=1S/C16H19NO/c1-10-4-6-13(7-5-10)16-14-9-12(3)18-15(14)8-11(2)17-16/h4-7,9,11,16-17H,8H2,1-3H3. The number of hydrogen-bond donors (Lipinski definition) is 1. The summed E-state index contributed by atoms with van der Waals surface area (Å²) >= 11 is 0. The van der Waals surface area contributed by atoms with Crippen molar-refractivity contribution in [2.45, 2.75) is 39.3 Å². The molecule has 2 unspecified atom stereocenters. The summed E-state index contributed by atoms with van der Waals surface area (Å²) in [4.78, 5) is 0. The van der Waals surface area contributed by atoms with E-state index in [1.807, 2.05) is 6.92 Å². The molecule has 2 heteroatoms. The highest BCUT2D eigenvalue weighted by Gasteiger charge is 2.28. The second kappa shape index (κ2) is 4.29. The van der Waals surface area contributed by atoms with E-state index in [2.05, 4.69) is 49.5 Å². The summed E-state index contributed by atoms with van der Waals surface area (Å²) in [5.74, 6) is 2.15. The van der Waals surface area contributed by atoms with Gasteiger partial charge in [-0.1, -0.05) is 29.8 Å². The van der Waals surface area contributed by atoms with Crippen molar-refractivity contribution >= 4 is 0 Å². The molecule has 1 aromatic heterocycles. The second-order valence-corrected chi connectivity index (χ2v) is 5.35. The zero-order valence-electron chi connectivity index (χ0n) is 11.2. The summed E-state index contributed by atoms with van der Waals surface area (Å²) in [5.41, 5.74) is 3.91. The van der Waals surface area contributed by atoms with E-state index in [4.69, 9.17) is 4.42 Å². The van der Waals surface area contributed by atoms with Gasteiger partial charge in [0.25, 0.3) is 0 Å². The predicted octanol–water partition coefficient (Wildman–Crippen LogP) is 3.52. The molecule has 0 saturated carbocycles. The van der Waals surface area contributed by atoms with Gasteiger partial charge in [-0.3, -0.25) is 0 Å². The Hall–Kier alpha value is -1.54. The number of rotatable bonds is 1. The fourth-order valence-corrected chi connectivity index (χ4v) is 2.73. The topological polar surface area (TPSA) is 25.2 Å². The second-order valence-electron chi connectivity index (χ2n) is 5.35. The van der Waals surface area contributed by atoms with Gasteiger partial charge in [0.15, 0.2) is 0 Å². The average Bonchev–Trinajstić information content (AvgIpc) is 2.69. The Balaban J connectivity index is 2.04. The number of hydrogen-bond acceptors (Lipinski definition) is 2. The van der Waals surface area contributed by atoms with E-state index in [1.165, 1.54) is 16.7 Å². The molecule has 0 spiro atoms. The van der Waals surface area contributed by atoms with Gasteiger partial charge in [-0.15, -0.1) is 0 Å². The van der Waals surface area contributed by atoms with Gasteiger partial charge in [-0.25, -0.2) is 0 Å². The molecule has 1 N–H and O–H groups in total. The van der Waals surface area contributed by atoms with Gasteiger partial charge in [0.1, 0.15) is 11.5 Å². The van der Waals surface area contributed by atoms with Gasteiger partial charge in [0, 0.05) is 18.0 Å². The molecule has 0 aliphatic carbocycles. The van der Waals surface area contributed by atoms with Crippen molar-refractivity contribution in [2.24, 2.45) is 0 Å². The van der Waals surface area contributed by atoms with E-state index in [-0.39, 0.29) is 6.04 Å². The quantitative estimate of drug-likeness (QED) is 0.826. The van der Waals surface area contributed by atoms with Crippen molar-refractivity contribution in [1.29, 1.82) is 0 Å². The fourth-order valence-electron chi connectivity index (χ4n) is 2.73. The molecule has 1 aromatic carbocycles. The third kappa shape index (κ3) is 1.97. The number of aryl methyl sites for hydroxylation is 2. The van der Waals surface area contributed by atoms with E-state index < -0.39 is 0 Å². The molecule has 3 rings (SSSR count). The zero-order chi connectivity index (χ0) is 12.7. The molecule has 2 aromatic rings. The molecular formula is C16H19NO. The van der Waals surface area contributed by atoms with Crippen LogP contribution < -0.4 is 5.32 Å². The van der Waals surface area contributed by atoms with E-state index in [9.17, 15) is 0 Å². The Labute approximate surface area is 108 Å². The van der Waals surface area contributed by atoms with Crippen molar-refractivity contribution in [3.63, 3.8) is 0 Å². The van der Waals surface area contributed by atoms with E-state index in [1.54, 1.807) is 0 Å². The molecule has 0 fully saturated rings. The van der Waals surface area contributed by atoms with Crippen LogP contribution in [0.3, 0.4) is 0 Å². The van der Waals surface area contributed by atoms with Crippen LogP contribution in [0.5, 0.6) is 0 Å².